The fourth-order valence-electron chi connectivity index (χ4n) is 1.98. The Morgan fingerprint density at radius 2 is 2.00 bits per heavy atom. The number of nitrogens with zero attached hydrogens (tertiary/aromatic N) is 1. The van der Waals surface area contributed by atoms with Crippen LogP contribution in [-0.4, -0.2) is 16.1 Å². The van der Waals surface area contributed by atoms with E-state index in [0.717, 1.165) is 24.8 Å². The van der Waals surface area contributed by atoms with Gasteiger partial charge in [-0.1, -0.05) is 24.0 Å². The summed E-state index contributed by atoms with van der Waals surface area (Å²) in [6, 6.07) is 6.24. The summed E-state index contributed by atoms with van der Waals surface area (Å²) in [6.07, 6.45) is 6.02. The number of rotatable bonds is 2. The minimum absolute atomic E-state index is 0.0785. The van der Waals surface area contributed by atoms with Crippen LogP contribution < -0.4 is 0 Å². The Balaban J connectivity index is 1.93. The lowest BCUT2D eigenvalue weighted by molar-refractivity contribution is -0.384. The Morgan fingerprint density at radius 1 is 1.26 bits per heavy atom. The first-order chi connectivity index (χ1) is 9.15. The number of nitro benzene ring substituents is 1. The molecule has 0 bridgehead atoms. The smallest absolute Gasteiger partial charge is 0.269 e. The van der Waals surface area contributed by atoms with E-state index in [-0.39, 0.29) is 11.8 Å². The average molecular weight is 257 g/mol. The highest BCUT2D eigenvalue weighted by Crippen LogP contribution is 2.20. The van der Waals surface area contributed by atoms with E-state index in [2.05, 4.69) is 11.8 Å². The Morgan fingerprint density at radius 3 is 2.58 bits per heavy atom. The molecule has 1 aliphatic carbocycles. The molecule has 2 rings (SSSR count). The van der Waals surface area contributed by atoms with Crippen molar-refractivity contribution in [1.29, 1.82) is 0 Å². The molecule has 0 radical (unpaired) electrons. The molecule has 0 spiro atoms. The molecule has 2 unspecified atom stereocenters. The second-order valence-electron chi connectivity index (χ2n) is 4.60. The third-order valence-corrected chi connectivity index (χ3v) is 3.11. The van der Waals surface area contributed by atoms with Gasteiger partial charge in [-0.2, -0.15) is 0 Å². The number of hydrogen-bond donors (Lipinski definition) is 1. The van der Waals surface area contributed by atoms with Crippen molar-refractivity contribution in [3.8, 4) is 11.8 Å². The molecule has 0 aromatic heterocycles. The molecule has 0 aliphatic heterocycles. The summed E-state index contributed by atoms with van der Waals surface area (Å²) in [5.41, 5.74) is 0.861. The molecule has 2 atom stereocenters. The highest BCUT2D eigenvalue weighted by Gasteiger charge is 2.12. The van der Waals surface area contributed by atoms with Crippen molar-refractivity contribution in [3.63, 3.8) is 0 Å². The van der Waals surface area contributed by atoms with E-state index in [1.54, 1.807) is 12.1 Å². The van der Waals surface area contributed by atoms with Crippen LogP contribution in [0, 0.1) is 27.9 Å². The zero-order valence-electron chi connectivity index (χ0n) is 10.5. The summed E-state index contributed by atoms with van der Waals surface area (Å²) in [4.78, 5) is 10.1. The Hall–Kier alpha value is -2.12. The van der Waals surface area contributed by atoms with E-state index in [1.807, 2.05) is 12.2 Å². The maximum atomic E-state index is 10.5. The van der Waals surface area contributed by atoms with Crippen molar-refractivity contribution in [1.82, 2.24) is 0 Å². The number of allylic oxidation sites excluding steroid dienone is 1. The first-order valence-electron chi connectivity index (χ1n) is 6.25. The standard InChI is InChI=1S/C15H15NO3/c17-15-10-6-13(7-11-15)3-1-2-12-4-8-14(9-5-12)16(18)19/h4-6,8-10,13,15,17H,3,7,11H2. The molecule has 98 valence electrons. The summed E-state index contributed by atoms with van der Waals surface area (Å²) in [5, 5.41) is 19.8. The van der Waals surface area contributed by atoms with Crippen LogP contribution in [0.25, 0.3) is 0 Å². The molecule has 0 saturated carbocycles. The zero-order valence-corrected chi connectivity index (χ0v) is 10.5. The van der Waals surface area contributed by atoms with Gasteiger partial charge >= 0.3 is 0 Å². The molecule has 4 nitrogen and oxygen atoms in total. The molecule has 19 heavy (non-hydrogen) atoms. The first-order valence-corrected chi connectivity index (χ1v) is 6.25. The number of nitro groups is 1. The predicted octanol–water partition coefficient (Wildman–Crippen LogP) is 2.66. The van der Waals surface area contributed by atoms with Gasteiger partial charge in [0, 0.05) is 24.1 Å². The highest BCUT2D eigenvalue weighted by molar-refractivity contribution is 5.41. The monoisotopic (exact) mass is 257 g/mol. The van der Waals surface area contributed by atoms with Crippen molar-refractivity contribution in [2.75, 3.05) is 0 Å². The van der Waals surface area contributed by atoms with E-state index in [4.69, 9.17) is 0 Å². The van der Waals surface area contributed by atoms with Gasteiger partial charge in [0.2, 0.25) is 0 Å². The summed E-state index contributed by atoms with van der Waals surface area (Å²) in [6.45, 7) is 0. The molecule has 4 heteroatoms. The van der Waals surface area contributed by atoms with Crippen LogP contribution in [0.15, 0.2) is 36.4 Å². The van der Waals surface area contributed by atoms with Gasteiger partial charge in [-0.3, -0.25) is 10.1 Å². The largest absolute Gasteiger partial charge is 0.389 e. The Bertz CT molecular complexity index is 537. The molecule has 1 aromatic rings. The van der Waals surface area contributed by atoms with Crippen LogP contribution >= 0.6 is 0 Å². The Labute approximate surface area is 111 Å². The Kier molecular flexibility index (Phi) is 4.32. The lowest BCUT2D eigenvalue weighted by atomic mass is 9.92. The van der Waals surface area contributed by atoms with Crippen LogP contribution in [0.4, 0.5) is 5.69 Å². The first kappa shape index (κ1) is 13.3. The van der Waals surface area contributed by atoms with Gasteiger partial charge in [-0.25, -0.2) is 0 Å². The van der Waals surface area contributed by atoms with Gasteiger partial charge in [0.05, 0.1) is 11.0 Å². The molecule has 1 N–H and O–H groups in total. The fourth-order valence-corrected chi connectivity index (χ4v) is 1.98. The number of benzene rings is 1. The number of aliphatic hydroxyl groups is 1. The molecular weight excluding hydrogens is 242 g/mol. The zero-order chi connectivity index (χ0) is 13.7. The number of aliphatic hydroxyl groups excluding tert-OH is 1. The molecule has 0 amide bonds. The van der Waals surface area contributed by atoms with Gasteiger partial charge in [-0.05, 0) is 30.9 Å². The van der Waals surface area contributed by atoms with Crippen LogP contribution in [-0.2, 0) is 0 Å². The summed E-state index contributed by atoms with van der Waals surface area (Å²) >= 11 is 0. The van der Waals surface area contributed by atoms with E-state index < -0.39 is 4.92 Å². The third-order valence-electron chi connectivity index (χ3n) is 3.11. The lowest BCUT2D eigenvalue weighted by Crippen LogP contribution is -2.11. The molecule has 0 heterocycles. The summed E-state index contributed by atoms with van der Waals surface area (Å²) < 4.78 is 0. The van der Waals surface area contributed by atoms with Gasteiger partial charge < -0.3 is 5.11 Å². The quantitative estimate of drug-likeness (QED) is 0.383. The second-order valence-corrected chi connectivity index (χ2v) is 4.60. The summed E-state index contributed by atoms with van der Waals surface area (Å²) in [5.74, 6) is 6.48. The minimum Gasteiger partial charge on any atom is -0.389 e. The molecule has 1 aromatic carbocycles. The van der Waals surface area contributed by atoms with Gasteiger partial charge in [0.25, 0.3) is 5.69 Å². The highest BCUT2D eigenvalue weighted by atomic mass is 16.6. The minimum atomic E-state index is -0.421. The van der Waals surface area contributed by atoms with Gasteiger partial charge in [0.15, 0.2) is 0 Å². The molecule has 1 aliphatic rings. The number of non-ortho nitro benzene ring substituents is 1. The normalized spacial score (nSPS) is 21.5. The molecule has 0 fully saturated rings. The van der Waals surface area contributed by atoms with Crippen LogP contribution in [0.2, 0.25) is 0 Å². The van der Waals surface area contributed by atoms with Crippen LogP contribution in [0.5, 0.6) is 0 Å². The van der Waals surface area contributed by atoms with Crippen molar-refractivity contribution in [2.45, 2.75) is 25.4 Å². The van der Waals surface area contributed by atoms with Crippen molar-refractivity contribution >= 4 is 5.69 Å². The number of hydrogen-bond acceptors (Lipinski definition) is 3. The topological polar surface area (TPSA) is 63.4 Å². The maximum absolute atomic E-state index is 10.5. The molecule has 0 saturated heterocycles. The van der Waals surface area contributed by atoms with E-state index in [0.29, 0.717) is 5.92 Å². The van der Waals surface area contributed by atoms with Crippen molar-refractivity contribution < 1.29 is 10.0 Å². The van der Waals surface area contributed by atoms with Gasteiger partial charge in [0.1, 0.15) is 0 Å². The lowest BCUT2D eigenvalue weighted by Gasteiger charge is -2.16. The molecular formula is C15H15NO3. The maximum Gasteiger partial charge on any atom is 0.269 e. The SMILES string of the molecule is O=[N+]([O-])c1ccc(C#CCC2C=CC(O)CC2)cc1. The fraction of sp³-hybridized carbons (Fsp3) is 0.333. The van der Waals surface area contributed by atoms with E-state index >= 15 is 0 Å². The van der Waals surface area contributed by atoms with E-state index in [1.165, 1.54) is 12.1 Å². The van der Waals surface area contributed by atoms with Crippen LogP contribution in [0.1, 0.15) is 24.8 Å². The van der Waals surface area contributed by atoms with E-state index in [9.17, 15) is 15.2 Å². The average Bonchev–Trinajstić information content (AvgIpc) is 2.41. The van der Waals surface area contributed by atoms with Gasteiger partial charge in [-0.15, -0.1) is 0 Å². The second kappa shape index (κ2) is 6.17. The summed E-state index contributed by atoms with van der Waals surface area (Å²) in [7, 11) is 0. The van der Waals surface area contributed by atoms with Crippen molar-refractivity contribution in [2.24, 2.45) is 5.92 Å². The van der Waals surface area contributed by atoms with Crippen molar-refractivity contribution in [3.05, 3.63) is 52.1 Å². The third kappa shape index (κ3) is 3.94. The van der Waals surface area contributed by atoms with Crippen LogP contribution in [0.3, 0.4) is 0 Å². The predicted molar refractivity (Wildman–Crippen MR) is 72.5 cm³/mol.